The molecule has 0 saturated carbocycles. The Kier molecular flexibility index (Phi) is 5.78. The van der Waals surface area contributed by atoms with Gasteiger partial charge >= 0.3 is 0 Å². The van der Waals surface area contributed by atoms with Crippen LogP contribution in [0.1, 0.15) is 0 Å². The second-order valence-corrected chi connectivity index (χ2v) is 11.3. The van der Waals surface area contributed by atoms with Crippen molar-refractivity contribution in [2.45, 2.75) is 0 Å². The van der Waals surface area contributed by atoms with Gasteiger partial charge in [-0.25, -0.2) is 15.0 Å². The Bertz CT molecular complexity index is 2520. The van der Waals surface area contributed by atoms with Gasteiger partial charge in [0.25, 0.3) is 0 Å². The average Bonchev–Trinajstić information content (AvgIpc) is 3.51. The predicted octanol–water partition coefficient (Wildman–Crippen LogP) is 10.3. The summed E-state index contributed by atoms with van der Waals surface area (Å²) in [5, 5.41) is 3.32. The van der Waals surface area contributed by atoms with Gasteiger partial charge in [0, 0.05) is 38.5 Å². The van der Waals surface area contributed by atoms with Crippen molar-refractivity contribution in [3.8, 4) is 39.5 Å². The lowest BCUT2D eigenvalue weighted by molar-refractivity contribution is 1.10. The molecule has 210 valence electrons. The van der Waals surface area contributed by atoms with E-state index in [1.54, 1.807) is 0 Å². The van der Waals surface area contributed by atoms with Crippen LogP contribution in [-0.2, 0) is 0 Å². The highest BCUT2D eigenvalue weighted by Crippen LogP contribution is 2.38. The molecule has 0 radical (unpaired) electrons. The van der Waals surface area contributed by atoms with E-state index in [0.29, 0.717) is 0 Å². The van der Waals surface area contributed by atoms with Crippen LogP contribution < -0.4 is 0 Å². The molecule has 4 heteroatoms. The Morgan fingerprint density at radius 2 is 1.07 bits per heavy atom. The molecule has 6 aromatic carbocycles. The molecule has 0 unspecified atom stereocenters. The number of aromatic nitrogens is 4. The van der Waals surface area contributed by atoms with E-state index < -0.39 is 0 Å². The first-order chi connectivity index (χ1) is 22.3. The van der Waals surface area contributed by atoms with Crippen molar-refractivity contribution in [3.63, 3.8) is 0 Å². The molecular weight excluding hydrogens is 548 g/mol. The zero-order chi connectivity index (χ0) is 29.7. The van der Waals surface area contributed by atoms with Gasteiger partial charge in [0.15, 0.2) is 0 Å². The molecule has 0 atom stereocenters. The van der Waals surface area contributed by atoms with Crippen molar-refractivity contribution < 1.29 is 0 Å². The van der Waals surface area contributed by atoms with Crippen molar-refractivity contribution in [2.75, 3.05) is 0 Å². The fraction of sp³-hybridized carbons (Fsp3) is 0. The van der Waals surface area contributed by atoms with Crippen LogP contribution in [0, 0.1) is 0 Å². The van der Waals surface area contributed by atoms with Crippen LogP contribution in [0.4, 0.5) is 0 Å². The van der Waals surface area contributed by atoms with Gasteiger partial charge in [-0.2, -0.15) is 0 Å². The van der Waals surface area contributed by atoms with Gasteiger partial charge in [-0.1, -0.05) is 121 Å². The standard InChI is InChI=1S/C41H26N4/c1-3-11-28(12-4-1)38-32-15-7-8-16-35(32)43-40-33(38)25-23-29-24-26-34(42-39(29)40)27-19-21-30(22-20-27)41-44-36-17-9-10-18-37(36)45(41)31-13-5-2-6-14-31/h1-26H. The van der Waals surface area contributed by atoms with Crippen LogP contribution in [-0.4, -0.2) is 19.5 Å². The van der Waals surface area contributed by atoms with Crippen LogP contribution >= 0.6 is 0 Å². The highest BCUT2D eigenvalue weighted by molar-refractivity contribution is 6.16. The minimum Gasteiger partial charge on any atom is -0.292 e. The van der Waals surface area contributed by atoms with E-state index in [2.05, 4.69) is 144 Å². The van der Waals surface area contributed by atoms with Gasteiger partial charge in [0.1, 0.15) is 5.82 Å². The fourth-order valence-corrected chi connectivity index (χ4v) is 6.46. The molecule has 0 aliphatic carbocycles. The summed E-state index contributed by atoms with van der Waals surface area (Å²) in [5.41, 5.74) is 11.3. The molecule has 0 aliphatic heterocycles. The molecule has 0 aliphatic rings. The van der Waals surface area contributed by atoms with Gasteiger partial charge in [-0.3, -0.25) is 4.57 Å². The molecule has 0 N–H and O–H groups in total. The number of nitrogens with zero attached hydrogens (tertiary/aromatic N) is 4. The van der Waals surface area contributed by atoms with Crippen molar-refractivity contribution in [3.05, 3.63) is 158 Å². The van der Waals surface area contributed by atoms with Gasteiger partial charge in [-0.15, -0.1) is 0 Å². The Morgan fingerprint density at radius 1 is 0.400 bits per heavy atom. The van der Waals surface area contributed by atoms with Crippen molar-refractivity contribution in [1.82, 2.24) is 19.5 Å². The lowest BCUT2D eigenvalue weighted by Crippen LogP contribution is -1.97. The number of benzene rings is 6. The number of imidazole rings is 1. The number of para-hydroxylation sites is 4. The van der Waals surface area contributed by atoms with E-state index in [1.165, 1.54) is 11.1 Å². The summed E-state index contributed by atoms with van der Waals surface area (Å²) in [6.07, 6.45) is 0. The highest BCUT2D eigenvalue weighted by atomic mass is 15.1. The van der Waals surface area contributed by atoms with Crippen LogP contribution in [0.3, 0.4) is 0 Å². The summed E-state index contributed by atoms with van der Waals surface area (Å²) in [4.78, 5) is 15.4. The molecule has 0 spiro atoms. The van der Waals surface area contributed by atoms with Crippen molar-refractivity contribution in [1.29, 1.82) is 0 Å². The monoisotopic (exact) mass is 574 g/mol. The maximum absolute atomic E-state index is 5.23. The third kappa shape index (κ3) is 4.19. The van der Waals surface area contributed by atoms with E-state index in [9.17, 15) is 0 Å². The highest BCUT2D eigenvalue weighted by Gasteiger charge is 2.16. The Labute approximate surface area is 259 Å². The van der Waals surface area contributed by atoms with E-state index in [4.69, 9.17) is 15.0 Å². The molecule has 45 heavy (non-hydrogen) atoms. The third-order valence-corrected chi connectivity index (χ3v) is 8.59. The number of hydrogen-bond donors (Lipinski definition) is 0. The molecule has 9 rings (SSSR count). The van der Waals surface area contributed by atoms with E-state index in [0.717, 1.165) is 72.1 Å². The van der Waals surface area contributed by atoms with Crippen LogP contribution in [0.2, 0.25) is 0 Å². The first-order valence-electron chi connectivity index (χ1n) is 15.1. The molecule has 4 nitrogen and oxygen atoms in total. The predicted molar refractivity (Wildman–Crippen MR) is 185 cm³/mol. The molecule has 0 bridgehead atoms. The molecule has 0 saturated heterocycles. The summed E-state index contributed by atoms with van der Waals surface area (Å²) in [5.74, 6) is 0.913. The normalized spacial score (nSPS) is 11.6. The molecule has 3 heterocycles. The van der Waals surface area contributed by atoms with Crippen LogP contribution in [0.25, 0.3) is 83.2 Å². The first kappa shape index (κ1) is 25.4. The number of pyridine rings is 2. The van der Waals surface area contributed by atoms with Crippen molar-refractivity contribution >= 4 is 43.7 Å². The van der Waals surface area contributed by atoms with Crippen LogP contribution in [0.15, 0.2) is 158 Å². The zero-order valence-corrected chi connectivity index (χ0v) is 24.3. The smallest absolute Gasteiger partial charge is 0.145 e. The Hall–Kier alpha value is -6.13. The second-order valence-electron chi connectivity index (χ2n) is 11.3. The minimum atomic E-state index is 0.905. The van der Waals surface area contributed by atoms with Crippen LogP contribution in [0.5, 0.6) is 0 Å². The summed E-state index contributed by atoms with van der Waals surface area (Å²) >= 11 is 0. The SMILES string of the molecule is c1ccc(-c2c3ccccc3nc3c2ccc2ccc(-c4ccc(-c5nc6ccccc6n5-c5ccccc5)cc4)nc23)cc1. The molecule has 0 amide bonds. The average molecular weight is 575 g/mol. The quantitative estimate of drug-likeness (QED) is 0.155. The topological polar surface area (TPSA) is 43.6 Å². The third-order valence-electron chi connectivity index (χ3n) is 8.59. The lowest BCUT2D eigenvalue weighted by atomic mass is 9.95. The number of rotatable bonds is 4. The molecular formula is C41H26N4. The minimum absolute atomic E-state index is 0.905. The maximum atomic E-state index is 5.23. The summed E-state index contributed by atoms with van der Waals surface area (Å²) < 4.78 is 2.23. The summed E-state index contributed by atoms with van der Waals surface area (Å²) in [6, 6.07) is 54.8. The molecule has 0 fully saturated rings. The van der Waals surface area contributed by atoms with E-state index >= 15 is 0 Å². The second kappa shape index (κ2) is 10.2. The number of fused-ring (bicyclic) bond motifs is 5. The van der Waals surface area contributed by atoms with E-state index in [-0.39, 0.29) is 0 Å². The zero-order valence-electron chi connectivity index (χ0n) is 24.3. The van der Waals surface area contributed by atoms with Gasteiger partial charge < -0.3 is 0 Å². The summed E-state index contributed by atoms with van der Waals surface area (Å²) in [7, 11) is 0. The summed E-state index contributed by atoms with van der Waals surface area (Å²) in [6.45, 7) is 0. The van der Waals surface area contributed by atoms with Crippen molar-refractivity contribution in [2.24, 2.45) is 0 Å². The van der Waals surface area contributed by atoms with Gasteiger partial charge in [-0.05, 0) is 42.0 Å². The Balaban J connectivity index is 1.19. The fourth-order valence-electron chi connectivity index (χ4n) is 6.46. The largest absolute Gasteiger partial charge is 0.292 e. The Morgan fingerprint density at radius 3 is 1.89 bits per heavy atom. The lowest BCUT2D eigenvalue weighted by Gasteiger charge is -2.13. The first-order valence-corrected chi connectivity index (χ1v) is 15.1. The number of hydrogen-bond acceptors (Lipinski definition) is 3. The van der Waals surface area contributed by atoms with E-state index in [1.807, 2.05) is 18.2 Å². The maximum Gasteiger partial charge on any atom is 0.145 e. The molecule has 3 aromatic heterocycles. The molecule has 9 aromatic rings. The van der Waals surface area contributed by atoms with Gasteiger partial charge in [0.2, 0.25) is 0 Å². The van der Waals surface area contributed by atoms with Gasteiger partial charge in [0.05, 0.1) is 33.3 Å².